The highest BCUT2D eigenvalue weighted by atomic mass is 16.4. The van der Waals surface area contributed by atoms with E-state index in [4.69, 9.17) is 5.53 Å². The number of ketones is 3. The molecule has 0 fully saturated rings. The van der Waals surface area contributed by atoms with Crippen LogP contribution in [0, 0.1) is 5.41 Å². The Balaban J connectivity index is 2.86. The van der Waals surface area contributed by atoms with Gasteiger partial charge in [-0.25, -0.2) is 4.79 Å². The topological polar surface area (TPSA) is 154 Å². The molecule has 9 nitrogen and oxygen atoms in total. The summed E-state index contributed by atoms with van der Waals surface area (Å²) in [6, 6.07) is -1.32. The lowest BCUT2D eigenvalue weighted by atomic mass is 9.74. The highest BCUT2D eigenvalue weighted by Gasteiger charge is 2.36. The van der Waals surface area contributed by atoms with E-state index in [1.165, 1.54) is 6.08 Å². The molecular weight excluding hydrogens is 366 g/mol. The summed E-state index contributed by atoms with van der Waals surface area (Å²) < 4.78 is 0. The van der Waals surface area contributed by atoms with Gasteiger partial charge in [-0.3, -0.25) is 19.2 Å². The summed E-state index contributed by atoms with van der Waals surface area (Å²) in [4.78, 5) is 62.1. The Hall–Kier alpha value is -3.19. The molecular formula is C19H23N3O6. The van der Waals surface area contributed by atoms with Crippen molar-refractivity contribution < 1.29 is 33.9 Å². The molecule has 0 unspecified atom stereocenters. The molecule has 2 N–H and O–H groups in total. The summed E-state index contributed by atoms with van der Waals surface area (Å²) in [5.74, 6) is -3.16. The van der Waals surface area contributed by atoms with Gasteiger partial charge in [0, 0.05) is 35.0 Å². The Morgan fingerprint density at radius 1 is 1.25 bits per heavy atom. The third kappa shape index (κ3) is 5.65. The number of carboxylic acid groups (broad SMARTS) is 1. The molecule has 0 aromatic carbocycles. The van der Waals surface area contributed by atoms with Gasteiger partial charge in [-0.05, 0) is 26.3 Å². The average Bonchev–Trinajstić information content (AvgIpc) is 2.59. The monoisotopic (exact) mass is 389 g/mol. The molecule has 9 heteroatoms. The van der Waals surface area contributed by atoms with Crippen molar-refractivity contribution in [1.29, 1.82) is 0 Å². The second kappa shape index (κ2) is 9.14. The molecule has 1 rings (SSSR count). The molecule has 1 atom stereocenters. The van der Waals surface area contributed by atoms with E-state index in [0.717, 1.165) is 0 Å². The van der Waals surface area contributed by atoms with E-state index < -0.39 is 29.1 Å². The second-order valence-electron chi connectivity index (χ2n) is 7.27. The van der Waals surface area contributed by atoms with Crippen LogP contribution in [-0.2, 0) is 24.0 Å². The van der Waals surface area contributed by atoms with Crippen LogP contribution in [0.25, 0.3) is 5.53 Å². The lowest BCUT2D eigenvalue weighted by molar-refractivity contribution is -0.142. The maximum Gasteiger partial charge on any atom is 0.326 e. The lowest BCUT2D eigenvalue weighted by Crippen LogP contribution is -2.43. The molecule has 0 saturated heterocycles. The first-order valence-electron chi connectivity index (χ1n) is 8.61. The molecule has 0 saturated carbocycles. The maximum atomic E-state index is 12.5. The van der Waals surface area contributed by atoms with Crippen LogP contribution in [0.15, 0.2) is 22.8 Å². The molecule has 1 amide bonds. The van der Waals surface area contributed by atoms with Gasteiger partial charge in [0.2, 0.25) is 11.7 Å². The molecule has 150 valence electrons. The van der Waals surface area contributed by atoms with Crippen LogP contribution >= 0.6 is 0 Å². The lowest BCUT2D eigenvalue weighted by Gasteiger charge is -2.29. The first kappa shape index (κ1) is 22.9. The third-order valence-corrected chi connectivity index (χ3v) is 4.64. The van der Waals surface area contributed by atoms with Gasteiger partial charge in [-0.2, -0.15) is 4.79 Å². The number of amides is 1. The fourth-order valence-electron chi connectivity index (χ4n) is 2.78. The van der Waals surface area contributed by atoms with Crippen LogP contribution in [0.5, 0.6) is 0 Å². The van der Waals surface area contributed by atoms with Crippen molar-refractivity contribution in [3.8, 4) is 0 Å². The van der Waals surface area contributed by atoms with Crippen molar-refractivity contribution in [2.75, 3.05) is 0 Å². The zero-order chi connectivity index (χ0) is 21.6. The number of carbonyl (C=O) groups is 5. The van der Waals surface area contributed by atoms with E-state index in [1.54, 1.807) is 27.7 Å². The molecule has 0 heterocycles. The van der Waals surface area contributed by atoms with Crippen LogP contribution in [-0.4, -0.2) is 51.4 Å². The number of rotatable bonds is 9. The van der Waals surface area contributed by atoms with Gasteiger partial charge in [-0.1, -0.05) is 13.8 Å². The quantitative estimate of drug-likeness (QED) is 0.260. The normalized spacial score (nSPS) is 15.5. The number of hydrogen-bond acceptors (Lipinski definition) is 5. The van der Waals surface area contributed by atoms with Crippen LogP contribution in [0.2, 0.25) is 0 Å². The highest BCUT2D eigenvalue weighted by molar-refractivity contribution is 6.25. The number of nitrogens with one attached hydrogen (secondary N) is 1. The SMILES string of the molecule is CC1=C(C)C(=O)C(C(C)(C)CC(=O)N[C@@H](CCC(=O)C=[N+]=[N-])C(=O)O)=CC1=O. The number of nitrogens with zero attached hydrogens (tertiary/aromatic N) is 2. The average molecular weight is 389 g/mol. The molecule has 0 radical (unpaired) electrons. The summed E-state index contributed by atoms with van der Waals surface area (Å²) in [7, 11) is 0. The second-order valence-corrected chi connectivity index (χ2v) is 7.27. The van der Waals surface area contributed by atoms with Crippen LogP contribution in [0.1, 0.15) is 47.0 Å². The zero-order valence-corrected chi connectivity index (χ0v) is 16.2. The molecule has 0 aromatic rings. The van der Waals surface area contributed by atoms with Gasteiger partial charge < -0.3 is 16.0 Å². The molecule has 1 aliphatic carbocycles. The first-order chi connectivity index (χ1) is 12.9. The fourth-order valence-corrected chi connectivity index (χ4v) is 2.78. The molecule has 0 bridgehead atoms. The zero-order valence-electron chi connectivity index (χ0n) is 16.2. The number of allylic oxidation sites excluding steroid dienone is 4. The Morgan fingerprint density at radius 2 is 1.86 bits per heavy atom. The number of carboxylic acids is 1. The Bertz CT molecular complexity index is 844. The summed E-state index contributed by atoms with van der Waals surface area (Å²) in [5, 5.41) is 11.5. The highest BCUT2D eigenvalue weighted by Crippen LogP contribution is 2.35. The van der Waals surface area contributed by atoms with E-state index in [9.17, 15) is 29.1 Å². The number of hydrogen-bond donors (Lipinski definition) is 2. The van der Waals surface area contributed by atoms with Crippen LogP contribution < -0.4 is 5.32 Å². The maximum absolute atomic E-state index is 12.5. The van der Waals surface area contributed by atoms with Crippen molar-refractivity contribution in [3.63, 3.8) is 0 Å². The summed E-state index contributed by atoms with van der Waals surface area (Å²) in [6.07, 6.45) is 1.24. The van der Waals surface area contributed by atoms with Crippen molar-refractivity contribution >= 4 is 35.4 Å². The van der Waals surface area contributed by atoms with Crippen molar-refractivity contribution in [2.45, 2.75) is 53.0 Å². The van der Waals surface area contributed by atoms with Gasteiger partial charge in [0.1, 0.15) is 6.04 Å². The van der Waals surface area contributed by atoms with Gasteiger partial charge in [-0.15, -0.1) is 0 Å². The smallest absolute Gasteiger partial charge is 0.326 e. The Labute approximate surface area is 162 Å². The minimum absolute atomic E-state index is 0.187. The molecule has 1 aliphatic rings. The minimum atomic E-state index is -1.32. The van der Waals surface area contributed by atoms with Crippen LogP contribution in [0.4, 0.5) is 0 Å². The van der Waals surface area contributed by atoms with Gasteiger partial charge in [0.25, 0.3) is 0 Å². The number of carbonyl (C=O) groups excluding carboxylic acids is 4. The molecule has 0 spiro atoms. The van der Waals surface area contributed by atoms with Gasteiger partial charge in [0.05, 0.1) is 0 Å². The van der Waals surface area contributed by atoms with E-state index in [-0.39, 0.29) is 36.4 Å². The Kier molecular flexibility index (Phi) is 7.46. The predicted octanol–water partition coefficient (Wildman–Crippen LogP) is 1.04. The number of aliphatic carboxylic acids is 1. The Morgan fingerprint density at radius 3 is 2.39 bits per heavy atom. The van der Waals surface area contributed by atoms with Crippen molar-refractivity contribution in [1.82, 2.24) is 5.32 Å². The molecule has 0 aromatic heterocycles. The third-order valence-electron chi connectivity index (χ3n) is 4.64. The molecule has 28 heavy (non-hydrogen) atoms. The molecule has 0 aliphatic heterocycles. The van der Waals surface area contributed by atoms with Gasteiger partial charge >= 0.3 is 12.2 Å². The van der Waals surface area contributed by atoms with Crippen molar-refractivity contribution in [3.05, 3.63) is 28.3 Å². The van der Waals surface area contributed by atoms with E-state index in [2.05, 4.69) is 10.1 Å². The van der Waals surface area contributed by atoms with Crippen molar-refractivity contribution in [2.24, 2.45) is 5.41 Å². The minimum Gasteiger partial charge on any atom is -0.480 e. The predicted molar refractivity (Wildman–Crippen MR) is 98.4 cm³/mol. The summed E-state index contributed by atoms with van der Waals surface area (Å²) in [6.45, 7) is 6.34. The summed E-state index contributed by atoms with van der Waals surface area (Å²) in [5.41, 5.74) is 8.16. The summed E-state index contributed by atoms with van der Waals surface area (Å²) >= 11 is 0. The fraction of sp³-hybridized carbons (Fsp3) is 0.474. The van der Waals surface area contributed by atoms with E-state index in [1.807, 2.05) is 0 Å². The first-order valence-corrected chi connectivity index (χ1v) is 8.61. The number of Topliss-reactive ketones (excluding diaryl/α,β-unsaturated/α-hetero) is 2. The van der Waals surface area contributed by atoms with E-state index >= 15 is 0 Å². The standard InChI is InChI=1S/C19H23N3O6/c1-10-11(2)17(26)13(7-15(10)24)19(3,4)8-16(25)22-14(18(27)28)6-5-12(23)9-21-20/h7,9,14H,5-6,8H2,1-4H3,(H,22,25)(H,27,28)/t14-/m0/s1. The van der Waals surface area contributed by atoms with Gasteiger partial charge in [0.15, 0.2) is 11.6 Å². The van der Waals surface area contributed by atoms with E-state index in [0.29, 0.717) is 17.4 Å². The van der Waals surface area contributed by atoms with Crippen LogP contribution in [0.3, 0.4) is 0 Å². The largest absolute Gasteiger partial charge is 0.480 e.